The molecule has 7 heteroatoms. The van der Waals surface area contributed by atoms with Crippen molar-refractivity contribution in [1.82, 2.24) is 19.5 Å². The van der Waals surface area contributed by atoms with E-state index in [0.29, 0.717) is 12.4 Å². The number of ether oxygens (including phenoxy) is 1. The fraction of sp³-hybridized carbons (Fsp3) is 0.0870. The van der Waals surface area contributed by atoms with Crippen molar-refractivity contribution in [2.24, 2.45) is 0 Å². The number of nitrogen functional groups attached to an aromatic ring is 2. The molecule has 0 aliphatic heterocycles. The van der Waals surface area contributed by atoms with Gasteiger partial charge in [0.2, 0.25) is 0 Å². The standard InChI is InChI=1S/C23H20N6O/c1-14-9-20(24)18-6-5-17(11-21(18)28-14)30-12-15-3-2-4-16(10-15)29-8-7-19-22(25)26-13-27-23(19)29/h2-11,13H,12H2,1H3,(H2,24,28)(H2,25,26,27). The highest BCUT2D eigenvalue weighted by Gasteiger charge is 2.09. The molecule has 0 atom stereocenters. The molecule has 2 aromatic carbocycles. The fourth-order valence-corrected chi connectivity index (χ4v) is 3.60. The van der Waals surface area contributed by atoms with Crippen LogP contribution in [0.5, 0.6) is 5.75 Å². The molecule has 0 amide bonds. The zero-order valence-corrected chi connectivity index (χ0v) is 16.4. The third-order valence-corrected chi connectivity index (χ3v) is 5.05. The van der Waals surface area contributed by atoms with E-state index in [1.165, 1.54) is 6.33 Å². The maximum absolute atomic E-state index is 6.08. The second-order valence-corrected chi connectivity index (χ2v) is 7.17. The molecule has 0 spiro atoms. The first-order valence-electron chi connectivity index (χ1n) is 9.55. The molecule has 0 bridgehead atoms. The number of rotatable bonds is 4. The number of aryl methyl sites for hydroxylation is 1. The molecular formula is C23H20N6O. The van der Waals surface area contributed by atoms with E-state index in [4.69, 9.17) is 16.2 Å². The zero-order valence-electron chi connectivity index (χ0n) is 16.4. The van der Waals surface area contributed by atoms with E-state index < -0.39 is 0 Å². The maximum atomic E-state index is 6.08. The fourth-order valence-electron chi connectivity index (χ4n) is 3.60. The monoisotopic (exact) mass is 396 g/mol. The van der Waals surface area contributed by atoms with Crippen LogP contribution in [0.1, 0.15) is 11.3 Å². The third kappa shape index (κ3) is 3.16. The molecule has 148 valence electrons. The Balaban J connectivity index is 1.41. The molecule has 3 heterocycles. The van der Waals surface area contributed by atoms with Crippen LogP contribution in [0.15, 0.2) is 67.1 Å². The van der Waals surface area contributed by atoms with Gasteiger partial charge in [0, 0.05) is 34.7 Å². The number of nitrogens with zero attached hydrogens (tertiary/aromatic N) is 4. The van der Waals surface area contributed by atoms with E-state index >= 15 is 0 Å². The second kappa shape index (κ2) is 7.04. The van der Waals surface area contributed by atoms with Gasteiger partial charge in [0.15, 0.2) is 0 Å². The van der Waals surface area contributed by atoms with Crippen molar-refractivity contribution < 1.29 is 4.74 Å². The number of anilines is 2. The summed E-state index contributed by atoms with van der Waals surface area (Å²) in [6.45, 7) is 2.36. The molecule has 5 rings (SSSR count). The lowest BCUT2D eigenvalue weighted by Crippen LogP contribution is -2.00. The summed E-state index contributed by atoms with van der Waals surface area (Å²) in [4.78, 5) is 13.0. The lowest BCUT2D eigenvalue weighted by molar-refractivity contribution is 0.306. The van der Waals surface area contributed by atoms with Crippen molar-refractivity contribution in [3.05, 3.63) is 78.4 Å². The van der Waals surface area contributed by atoms with Crippen molar-refractivity contribution in [2.75, 3.05) is 11.5 Å². The first kappa shape index (κ1) is 17.9. The highest BCUT2D eigenvalue weighted by atomic mass is 16.5. The Morgan fingerprint density at radius 3 is 2.77 bits per heavy atom. The van der Waals surface area contributed by atoms with Crippen molar-refractivity contribution in [3.8, 4) is 11.4 Å². The van der Waals surface area contributed by atoms with Crippen LogP contribution >= 0.6 is 0 Å². The van der Waals surface area contributed by atoms with E-state index in [1.54, 1.807) is 0 Å². The molecule has 0 unspecified atom stereocenters. The maximum Gasteiger partial charge on any atom is 0.150 e. The normalized spacial score (nSPS) is 11.2. The first-order valence-corrected chi connectivity index (χ1v) is 9.55. The van der Waals surface area contributed by atoms with Crippen molar-refractivity contribution >= 4 is 33.4 Å². The van der Waals surface area contributed by atoms with Crippen molar-refractivity contribution in [3.63, 3.8) is 0 Å². The summed E-state index contributed by atoms with van der Waals surface area (Å²) in [6, 6.07) is 17.7. The summed E-state index contributed by atoms with van der Waals surface area (Å²) < 4.78 is 8.01. The minimum Gasteiger partial charge on any atom is -0.489 e. The third-order valence-electron chi connectivity index (χ3n) is 5.05. The van der Waals surface area contributed by atoms with Gasteiger partial charge >= 0.3 is 0 Å². The van der Waals surface area contributed by atoms with Crippen LogP contribution < -0.4 is 16.2 Å². The minimum absolute atomic E-state index is 0.428. The molecule has 3 aromatic heterocycles. The van der Waals surface area contributed by atoms with Gasteiger partial charge in [0.25, 0.3) is 0 Å². The van der Waals surface area contributed by atoms with Crippen LogP contribution in [0, 0.1) is 6.92 Å². The summed E-state index contributed by atoms with van der Waals surface area (Å²) in [5, 5.41) is 1.76. The Morgan fingerprint density at radius 1 is 0.967 bits per heavy atom. The predicted molar refractivity (Wildman–Crippen MR) is 119 cm³/mol. The van der Waals surface area contributed by atoms with Crippen LogP contribution in [0.2, 0.25) is 0 Å². The summed E-state index contributed by atoms with van der Waals surface area (Å²) in [5.41, 5.74) is 17.3. The number of pyridine rings is 1. The highest BCUT2D eigenvalue weighted by molar-refractivity contribution is 5.91. The van der Waals surface area contributed by atoms with E-state index in [-0.39, 0.29) is 0 Å². The molecule has 0 radical (unpaired) electrons. The Labute approximate surface area is 173 Å². The van der Waals surface area contributed by atoms with Gasteiger partial charge in [-0.15, -0.1) is 0 Å². The molecule has 0 fully saturated rings. The van der Waals surface area contributed by atoms with Crippen LogP contribution in [0.4, 0.5) is 11.5 Å². The molecule has 5 aromatic rings. The van der Waals surface area contributed by atoms with Gasteiger partial charge in [-0.25, -0.2) is 9.97 Å². The quantitative estimate of drug-likeness (QED) is 0.475. The topological polar surface area (TPSA) is 105 Å². The Hall–Kier alpha value is -4.13. The van der Waals surface area contributed by atoms with Gasteiger partial charge in [-0.05, 0) is 48.9 Å². The van der Waals surface area contributed by atoms with Gasteiger partial charge in [-0.2, -0.15) is 0 Å². The highest BCUT2D eigenvalue weighted by Crippen LogP contribution is 2.26. The summed E-state index contributed by atoms with van der Waals surface area (Å²) in [5.74, 6) is 1.22. The largest absolute Gasteiger partial charge is 0.489 e. The predicted octanol–water partition coefficient (Wildman–Crippen LogP) is 4.02. The molecule has 4 N–H and O–H groups in total. The number of hydrogen-bond donors (Lipinski definition) is 2. The van der Waals surface area contributed by atoms with Gasteiger partial charge in [0.05, 0.1) is 10.9 Å². The minimum atomic E-state index is 0.428. The van der Waals surface area contributed by atoms with Crippen LogP contribution in [0.25, 0.3) is 27.6 Å². The number of hydrogen-bond acceptors (Lipinski definition) is 6. The molecule has 30 heavy (non-hydrogen) atoms. The van der Waals surface area contributed by atoms with Gasteiger partial charge < -0.3 is 20.8 Å². The molecule has 0 aliphatic rings. The first-order chi connectivity index (χ1) is 14.6. The zero-order chi connectivity index (χ0) is 20.7. The van der Waals surface area contributed by atoms with E-state index in [0.717, 1.165) is 50.3 Å². The lowest BCUT2D eigenvalue weighted by Gasteiger charge is -2.11. The smallest absolute Gasteiger partial charge is 0.150 e. The van der Waals surface area contributed by atoms with Crippen LogP contribution in [-0.4, -0.2) is 19.5 Å². The molecular weight excluding hydrogens is 376 g/mol. The van der Waals surface area contributed by atoms with Gasteiger partial charge in [0.1, 0.15) is 30.1 Å². The van der Waals surface area contributed by atoms with Crippen LogP contribution in [-0.2, 0) is 6.61 Å². The molecule has 0 saturated heterocycles. The van der Waals surface area contributed by atoms with Crippen molar-refractivity contribution in [2.45, 2.75) is 13.5 Å². The van der Waals surface area contributed by atoms with Gasteiger partial charge in [-0.3, -0.25) is 4.98 Å². The summed E-state index contributed by atoms with van der Waals surface area (Å²) in [6.07, 6.45) is 3.42. The number of benzene rings is 2. The number of fused-ring (bicyclic) bond motifs is 2. The van der Waals surface area contributed by atoms with E-state index in [2.05, 4.69) is 21.0 Å². The Bertz CT molecular complexity index is 1390. The molecule has 0 aliphatic carbocycles. The van der Waals surface area contributed by atoms with E-state index in [9.17, 15) is 0 Å². The van der Waals surface area contributed by atoms with Crippen molar-refractivity contribution in [1.29, 1.82) is 0 Å². The average molecular weight is 396 g/mol. The number of nitrogens with two attached hydrogens (primary N) is 2. The SMILES string of the molecule is Cc1cc(N)c2ccc(OCc3cccc(-n4ccc5c(N)ncnc54)c3)cc2n1. The molecule has 0 saturated carbocycles. The Morgan fingerprint density at radius 2 is 1.87 bits per heavy atom. The summed E-state index contributed by atoms with van der Waals surface area (Å²) in [7, 11) is 0. The average Bonchev–Trinajstić information content (AvgIpc) is 3.18. The number of aromatic nitrogens is 4. The summed E-state index contributed by atoms with van der Waals surface area (Å²) >= 11 is 0. The second-order valence-electron chi connectivity index (χ2n) is 7.17. The lowest BCUT2D eigenvalue weighted by atomic mass is 10.1. The van der Waals surface area contributed by atoms with Crippen LogP contribution in [0.3, 0.4) is 0 Å². The molecule has 7 nitrogen and oxygen atoms in total. The van der Waals surface area contributed by atoms with E-state index in [1.807, 2.05) is 66.2 Å². The van der Waals surface area contributed by atoms with Gasteiger partial charge in [-0.1, -0.05) is 12.1 Å². The Kier molecular flexibility index (Phi) is 4.21.